The van der Waals surface area contributed by atoms with E-state index in [0.29, 0.717) is 5.56 Å². The van der Waals surface area contributed by atoms with Crippen LogP contribution in [0.1, 0.15) is 39.0 Å². The summed E-state index contributed by atoms with van der Waals surface area (Å²) in [6, 6.07) is 0. The SMILES string of the molecule is COC(=O)c1c(CC(=O)NCC(=O)NCC(F)(F)F)[nH]c(C(C)=O)c1C. The number of ether oxygens (including phenoxy) is 1. The van der Waals surface area contributed by atoms with Crippen LogP contribution in [0.2, 0.25) is 0 Å². The Morgan fingerprint density at radius 2 is 1.73 bits per heavy atom. The molecule has 0 aliphatic carbocycles. The second-order valence-corrected chi connectivity index (χ2v) is 5.37. The van der Waals surface area contributed by atoms with E-state index in [1.54, 1.807) is 5.32 Å². The normalized spacial score (nSPS) is 11.0. The van der Waals surface area contributed by atoms with Gasteiger partial charge in [0.1, 0.15) is 6.54 Å². The standard InChI is InChI=1S/C15H18F3N3O5/c1-7-12(14(25)26-3)9(21-13(7)8(2)22)4-10(23)19-5-11(24)20-6-15(16,17)18/h21H,4-6H2,1-3H3,(H,19,23)(H,20,24). The molecule has 1 heterocycles. The summed E-state index contributed by atoms with van der Waals surface area (Å²) in [7, 11) is 1.14. The van der Waals surface area contributed by atoms with Crippen molar-refractivity contribution in [1.82, 2.24) is 15.6 Å². The second kappa shape index (κ2) is 8.50. The van der Waals surface area contributed by atoms with Crippen LogP contribution < -0.4 is 10.6 Å². The van der Waals surface area contributed by atoms with Crippen LogP contribution in [0.4, 0.5) is 13.2 Å². The van der Waals surface area contributed by atoms with Crippen molar-refractivity contribution in [3.8, 4) is 0 Å². The molecule has 1 aromatic heterocycles. The monoisotopic (exact) mass is 377 g/mol. The molecule has 0 spiro atoms. The smallest absolute Gasteiger partial charge is 0.405 e. The van der Waals surface area contributed by atoms with E-state index in [1.807, 2.05) is 0 Å². The lowest BCUT2D eigenvalue weighted by atomic mass is 10.1. The van der Waals surface area contributed by atoms with Crippen molar-refractivity contribution in [2.24, 2.45) is 0 Å². The summed E-state index contributed by atoms with van der Waals surface area (Å²) in [4.78, 5) is 49.3. The van der Waals surface area contributed by atoms with Gasteiger partial charge in [0, 0.05) is 12.6 Å². The van der Waals surface area contributed by atoms with Crippen molar-refractivity contribution >= 4 is 23.6 Å². The number of aromatic amines is 1. The number of ketones is 1. The second-order valence-electron chi connectivity index (χ2n) is 5.37. The Morgan fingerprint density at radius 1 is 1.12 bits per heavy atom. The zero-order valence-electron chi connectivity index (χ0n) is 14.3. The van der Waals surface area contributed by atoms with Crippen molar-refractivity contribution in [3.05, 3.63) is 22.5 Å². The summed E-state index contributed by atoms with van der Waals surface area (Å²) < 4.78 is 40.6. The molecule has 2 amide bonds. The summed E-state index contributed by atoms with van der Waals surface area (Å²) in [6.45, 7) is 0.605. The molecule has 0 radical (unpaired) electrons. The van der Waals surface area contributed by atoms with Gasteiger partial charge in [-0.05, 0) is 12.5 Å². The Morgan fingerprint density at radius 3 is 2.23 bits per heavy atom. The van der Waals surface area contributed by atoms with E-state index in [-0.39, 0.29) is 22.7 Å². The number of hydrogen-bond donors (Lipinski definition) is 3. The van der Waals surface area contributed by atoms with Crippen LogP contribution in [0.5, 0.6) is 0 Å². The van der Waals surface area contributed by atoms with E-state index >= 15 is 0 Å². The lowest BCUT2D eigenvalue weighted by Crippen LogP contribution is -2.41. The third-order valence-corrected chi connectivity index (χ3v) is 3.34. The van der Waals surface area contributed by atoms with Crippen LogP contribution in [0.25, 0.3) is 0 Å². The maximum absolute atomic E-state index is 12.0. The summed E-state index contributed by atoms with van der Waals surface area (Å²) >= 11 is 0. The fourth-order valence-electron chi connectivity index (χ4n) is 2.18. The van der Waals surface area contributed by atoms with E-state index < -0.39 is 43.5 Å². The number of halogens is 3. The molecule has 8 nitrogen and oxygen atoms in total. The Labute approximate surface area is 146 Å². The van der Waals surface area contributed by atoms with Crippen molar-refractivity contribution in [2.45, 2.75) is 26.4 Å². The van der Waals surface area contributed by atoms with Gasteiger partial charge in [0.05, 0.1) is 31.3 Å². The summed E-state index contributed by atoms with van der Waals surface area (Å²) in [6.07, 6.45) is -4.95. The molecular formula is C15H18F3N3O5. The highest BCUT2D eigenvalue weighted by Crippen LogP contribution is 2.20. The predicted molar refractivity (Wildman–Crippen MR) is 82.7 cm³/mol. The molecule has 0 saturated heterocycles. The Kier molecular flexibility index (Phi) is 6.93. The van der Waals surface area contributed by atoms with Gasteiger partial charge in [0.25, 0.3) is 0 Å². The number of alkyl halides is 3. The third-order valence-electron chi connectivity index (χ3n) is 3.34. The molecule has 0 saturated carbocycles. The Hall–Kier alpha value is -2.85. The quantitative estimate of drug-likeness (QED) is 0.476. The van der Waals surface area contributed by atoms with Crippen LogP contribution >= 0.6 is 0 Å². The number of amides is 2. The molecule has 3 N–H and O–H groups in total. The first-order valence-electron chi connectivity index (χ1n) is 7.37. The van der Waals surface area contributed by atoms with Crippen LogP contribution in [-0.4, -0.2) is 54.9 Å². The first kappa shape index (κ1) is 21.2. The fraction of sp³-hybridized carbons (Fsp3) is 0.467. The maximum atomic E-state index is 12.0. The molecule has 1 rings (SSSR count). The highest BCUT2D eigenvalue weighted by molar-refractivity contribution is 6.01. The topological polar surface area (TPSA) is 117 Å². The molecule has 0 aliphatic heterocycles. The Bertz CT molecular complexity index is 725. The van der Waals surface area contributed by atoms with Gasteiger partial charge in [-0.2, -0.15) is 13.2 Å². The largest absolute Gasteiger partial charge is 0.465 e. The maximum Gasteiger partial charge on any atom is 0.405 e. The molecular weight excluding hydrogens is 359 g/mol. The number of rotatable bonds is 7. The van der Waals surface area contributed by atoms with Gasteiger partial charge in [-0.25, -0.2) is 4.79 Å². The van der Waals surface area contributed by atoms with Crippen molar-refractivity contribution in [3.63, 3.8) is 0 Å². The Balaban J connectivity index is 2.77. The molecule has 0 aliphatic rings. The zero-order valence-corrected chi connectivity index (χ0v) is 14.3. The third kappa shape index (κ3) is 5.90. The summed E-state index contributed by atoms with van der Waals surface area (Å²) in [5, 5.41) is 3.74. The average molecular weight is 377 g/mol. The highest BCUT2D eigenvalue weighted by atomic mass is 19.4. The van der Waals surface area contributed by atoms with Crippen molar-refractivity contribution in [1.29, 1.82) is 0 Å². The van der Waals surface area contributed by atoms with E-state index in [9.17, 15) is 32.3 Å². The van der Waals surface area contributed by atoms with Crippen LogP contribution in [0.3, 0.4) is 0 Å². The molecule has 0 atom stereocenters. The fourth-order valence-corrected chi connectivity index (χ4v) is 2.18. The van der Waals surface area contributed by atoms with Gasteiger partial charge < -0.3 is 20.4 Å². The molecule has 0 unspecified atom stereocenters. The lowest BCUT2D eigenvalue weighted by molar-refractivity contribution is -0.138. The highest BCUT2D eigenvalue weighted by Gasteiger charge is 2.28. The first-order chi connectivity index (χ1) is 12.0. The lowest BCUT2D eigenvalue weighted by Gasteiger charge is -2.09. The number of Topliss-reactive ketones (excluding diaryl/α,β-unsaturated/α-hetero) is 1. The van der Waals surface area contributed by atoms with Gasteiger partial charge in [-0.15, -0.1) is 0 Å². The molecule has 11 heteroatoms. The molecule has 144 valence electrons. The van der Waals surface area contributed by atoms with E-state index in [0.717, 1.165) is 7.11 Å². The minimum atomic E-state index is -4.56. The van der Waals surface area contributed by atoms with Crippen LogP contribution in [-0.2, 0) is 20.7 Å². The van der Waals surface area contributed by atoms with Gasteiger partial charge in [0.2, 0.25) is 11.8 Å². The van der Waals surface area contributed by atoms with Crippen molar-refractivity contribution < 1.29 is 37.1 Å². The molecule has 26 heavy (non-hydrogen) atoms. The van der Waals surface area contributed by atoms with Gasteiger partial charge in [-0.3, -0.25) is 14.4 Å². The minimum absolute atomic E-state index is 0.0226. The summed E-state index contributed by atoms with van der Waals surface area (Å²) in [5.41, 5.74) is 0.577. The van der Waals surface area contributed by atoms with Gasteiger partial charge >= 0.3 is 12.1 Å². The zero-order chi connectivity index (χ0) is 20.1. The molecule has 0 bridgehead atoms. The molecule has 0 aromatic carbocycles. The van der Waals surface area contributed by atoms with E-state index in [4.69, 9.17) is 0 Å². The van der Waals surface area contributed by atoms with Crippen LogP contribution in [0, 0.1) is 6.92 Å². The summed E-state index contributed by atoms with van der Waals surface area (Å²) in [5.74, 6) is -2.85. The number of methoxy groups -OCH3 is 1. The van der Waals surface area contributed by atoms with Gasteiger partial charge in [0.15, 0.2) is 5.78 Å². The van der Waals surface area contributed by atoms with Crippen molar-refractivity contribution in [2.75, 3.05) is 20.2 Å². The average Bonchev–Trinajstić information content (AvgIpc) is 2.86. The number of esters is 1. The number of carbonyl (C=O) groups excluding carboxylic acids is 4. The minimum Gasteiger partial charge on any atom is -0.465 e. The van der Waals surface area contributed by atoms with Gasteiger partial charge in [-0.1, -0.05) is 0 Å². The molecule has 0 fully saturated rings. The first-order valence-corrected chi connectivity index (χ1v) is 7.37. The number of hydrogen-bond acceptors (Lipinski definition) is 5. The number of H-pyrrole nitrogens is 1. The van der Waals surface area contributed by atoms with Crippen LogP contribution in [0.15, 0.2) is 0 Å². The van der Waals surface area contributed by atoms with E-state index in [2.05, 4.69) is 15.0 Å². The van der Waals surface area contributed by atoms with E-state index in [1.165, 1.54) is 13.8 Å². The molecule has 1 aromatic rings. The predicted octanol–water partition coefficient (Wildman–Crippen LogP) is 0.650. The number of nitrogens with one attached hydrogen (secondary N) is 3. The number of carbonyl (C=O) groups is 4. The number of aromatic nitrogens is 1.